The van der Waals surface area contributed by atoms with Crippen LogP contribution in [0.2, 0.25) is 0 Å². The van der Waals surface area contributed by atoms with E-state index in [2.05, 4.69) is 68.5 Å². The molecule has 0 bridgehead atoms. The molecule has 2 unspecified atom stereocenters. The third-order valence-corrected chi connectivity index (χ3v) is 10.5. The SMILES string of the molecule is CC/C=C\C/C=C\C/C=C\C/C=C\C/C=C\CC(=O)OC(COC(=O)CCCCCCCCCCCCC/C=C\CCCCCCCCCC)COC(OCC[N+](C)(C)C)C(=O)O. The Morgan fingerprint density at radius 3 is 1.41 bits per heavy atom. The highest BCUT2D eigenvalue weighted by Gasteiger charge is 2.25. The summed E-state index contributed by atoms with van der Waals surface area (Å²) in [6.07, 6.45) is 54.4. The van der Waals surface area contributed by atoms with Crippen molar-refractivity contribution < 1.29 is 42.9 Å². The van der Waals surface area contributed by atoms with Gasteiger partial charge in [0.15, 0.2) is 6.10 Å². The fourth-order valence-electron chi connectivity index (χ4n) is 6.61. The van der Waals surface area contributed by atoms with Crippen LogP contribution in [0, 0.1) is 0 Å². The molecule has 0 aliphatic rings. The first-order chi connectivity index (χ1) is 30.6. The number of carbonyl (C=O) groups is 3. The zero-order valence-corrected chi connectivity index (χ0v) is 41.0. The highest BCUT2D eigenvalue weighted by atomic mass is 16.7. The Morgan fingerprint density at radius 2 is 0.952 bits per heavy atom. The van der Waals surface area contributed by atoms with Crippen LogP contribution in [-0.4, -0.2) is 87.4 Å². The molecule has 63 heavy (non-hydrogen) atoms. The molecule has 0 spiro atoms. The second kappa shape index (κ2) is 45.3. The molecular weight excluding hydrogens is 791 g/mol. The molecule has 0 aromatic carbocycles. The zero-order chi connectivity index (χ0) is 46.3. The number of nitrogens with zero attached hydrogens (tertiary/aromatic N) is 1. The highest BCUT2D eigenvalue weighted by molar-refractivity contribution is 5.72. The minimum Gasteiger partial charge on any atom is -0.477 e. The van der Waals surface area contributed by atoms with E-state index in [1.807, 2.05) is 33.3 Å². The second-order valence-corrected chi connectivity index (χ2v) is 17.8. The Balaban J connectivity index is 4.39. The lowest BCUT2D eigenvalue weighted by molar-refractivity contribution is -0.870. The Hall–Kier alpha value is -3.27. The number of quaternary nitrogens is 1. The van der Waals surface area contributed by atoms with E-state index < -0.39 is 24.3 Å². The van der Waals surface area contributed by atoms with Gasteiger partial charge in [-0.1, -0.05) is 189 Å². The maximum Gasteiger partial charge on any atom is 0.361 e. The van der Waals surface area contributed by atoms with Gasteiger partial charge in [-0.05, 0) is 64.2 Å². The van der Waals surface area contributed by atoms with Gasteiger partial charge < -0.3 is 28.5 Å². The first kappa shape index (κ1) is 59.7. The number of rotatable bonds is 45. The molecule has 0 aromatic heterocycles. The zero-order valence-electron chi connectivity index (χ0n) is 41.0. The van der Waals surface area contributed by atoms with Crippen molar-refractivity contribution in [1.82, 2.24) is 0 Å². The van der Waals surface area contributed by atoms with Gasteiger partial charge in [-0.15, -0.1) is 0 Å². The summed E-state index contributed by atoms with van der Waals surface area (Å²) in [6.45, 7) is 4.64. The Bertz CT molecular complexity index is 1260. The smallest absolute Gasteiger partial charge is 0.361 e. The minimum absolute atomic E-state index is 0.0254. The topological polar surface area (TPSA) is 108 Å². The van der Waals surface area contributed by atoms with Gasteiger partial charge in [0.1, 0.15) is 13.2 Å². The molecule has 0 radical (unpaired) electrons. The molecule has 0 aromatic rings. The lowest BCUT2D eigenvalue weighted by Crippen LogP contribution is -2.40. The number of hydrogen-bond acceptors (Lipinski definition) is 7. The predicted octanol–water partition coefficient (Wildman–Crippen LogP) is 13.9. The van der Waals surface area contributed by atoms with E-state index in [4.69, 9.17) is 18.9 Å². The van der Waals surface area contributed by atoms with Crippen LogP contribution < -0.4 is 0 Å². The Kier molecular flexibility index (Phi) is 43.0. The summed E-state index contributed by atoms with van der Waals surface area (Å²) in [5, 5.41) is 9.65. The largest absolute Gasteiger partial charge is 0.477 e. The number of carbonyl (C=O) groups excluding carboxylic acids is 2. The van der Waals surface area contributed by atoms with E-state index in [-0.39, 0.29) is 38.6 Å². The number of esters is 2. The maximum absolute atomic E-state index is 12.7. The average Bonchev–Trinajstić information content (AvgIpc) is 3.24. The highest BCUT2D eigenvalue weighted by Crippen LogP contribution is 2.14. The third-order valence-electron chi connectivity index (χ3n) is 10.5. The molecule has 362 valence electrons. The molecule has 2 atom stereocenters. The van der Waals surface area contributed by atoms with Crippen molar-refractivity contribution in [3.8, 4) is 0 Å². The van der Waals surface area contributed by atoms with Gasteiger partial charge in [-0.2, -0.15) is 0 Å². The number of likely N-dealkylation sites (N-methyl/N-ethyl adjacent to an activating group) is 1. The van der Waals surface area contributed by atoms with Crippen molar-refractivity contribution in [3.05, 3.63) is 72.9 Å². The number of allylic oxidation sites excluding steroid dienone is 11. The van der Waals surface area contributed by atoms with E-state index >= 15 is 0 Å². The minimum atomic E-state index is -1.54. The molecule has 9 nitrogen and oxygen atoms in total. The molecule has 0 rings (SSSR count). The summed E-state index contributed by atoms with van der Waals surface area (Å²) in [5.41, 5.74) is 0. The van der Waals surface area contributed by atoms with Gasteiger partial charge in [-0.25, -0.2) is 4.79 Å². The Morgan fingerprint density at radius 1 is 0.508 bits per heavy atom. The number of aliphatic carboxylic acids is 1. The maximum atomic E-state index is 12.7. The van der Waals surface area contributed by atoms with Crippen molar-refractivity contribution in [3.63, 3.8) is 0 Å². The lowest BCUT2D eigenvalue weighted by Gasteiger charge is -2.25. The summed E-state index contributed by atoms with van der Waals surface area (Å²) in [7, 11) is 5.93. The monoisotopic (exact) mass is 885 g/mol. The molecule has 9 heteroatoms. The quantitative estimate of drug-likeness (QED) is 0.0212. The lowest BCUT2D eigenvalue weighted by atomic mass is 10.0. The Labute approximate surface area is 386 Å². The van der Waals surface area contributed by atoms with Gasteiger partial charge in [-0.3, -0.25) is 9.59 Å². The molecule has 0 saturated heterocycles. The van der Waals surface area contributed by atoms with E-state index in [1.165, 1.54) is 116 Å². The van der Waals surface area contributed by atoms with E-state index in [9.17, 15) is 19.5 Å². The van der Waals surface area contributed by atoms with E-state index in [0.717, 1.165) is 44.9 Å². The number of carboxylic acids is 1. The number of carboxylic acid groups (broad SMARTS) is 1. The average molecular weight is 885 g/mol. The molecular formula is C54H94NO8+. The summed E-state index contributed by atoms with van der Waals surface area (Å²) in [4.78, 5) is 37.1. The van der Waals surface area contributed by atoms with Crippen LogP contribution in [0.5, 0.6) is 0 Å². The molecule has 0 aliphatic heterocycles. The number of ether oxygens (including phenoxy) is 4. The van der Waals surface area contributed by atoms with Crippen molar-refractivity contribution in [2.24, 2.45) is 0 Å². The molecule has 0 heterocycles. The fourth-order valence-corrected chi connectivity index (χ4v) is 6.61. The van der Waals surface area contributed by atoms with Gasteiger partial charge in [0.2, 0.25) is 0 Å². The number of unbranched alkanes of at least 4 members (excludes halogenated alkanes) is 19. The molecule has 0 aliphatic carbocycles. The van der Waals surface area contributed by atoms with Gasteiger partial charge in [0.05, 0.1) is 40.8 Å². The van der Waals surface area contributed by atoms with Gasteiger partial charge in [0, 0.05) is 6.42 Å². The standard InChI is InChI=1S/C54H93NO8/c1-6-8-10-12-14-16-18-20-22-23-24-25-26-27-28-29-31-32-34-36-38-40-42-44-51(56)61-48-50(49-62-54(53(58)59)60-47-46-55(3,4)5)63-52(57)45-43-41-39-37-35-33-30-21-19-17-15-13-11-9-7-2/h9,11,15,17,21,23-24,30,35,37,41,43,50,54H,6-8,10,12-14,16,18-20,22,25-29,31-34,36,38-40,42,44-49H2,1-5H3/p+1/b11-9-,17-15-,24-23-,30-21-,37-35-,43-41-. The van der Waals surface area contributed by atoms with Crippen LogP contribution in [0.25, 0.3) is 0 Å². The van der Waals surface area contributed by atoms with Crippen LogP contribution in [0.4, 0.5) is 0 Å². The molecule has 0 saturated carbocycles. The van der Waals surface area contributed by atoms with E-state index in [0.29, 0.717) is 17.4 Å². The van der Waals surface area contributed by atoms with Crippen molar-refractivity contribution in [2.45, 2.75) is 206 Å². The second-order valence-electron chi connectivity index (χ2n) is 17.8. The first-order valence-electron chi connectivity index (χ1n) is 25.1. The number of hydrogen-bond donors (Lipinski definition) is 1. The molecule has 0 amide bonds. The van der Waals surface area contributed by atoms with Crippen LogP contribution >= 0.6 is 0 Å². The summed E-state index contributed by atoms with van der Waals surface area (Å²) < 4.78 is 22.6. The van der Waals surface area contributed by atoms with Gasteiger partial charge in [0.25, 0.3) is 6.29 Å². The summed E-state index contributed by atoms with van der Waals surface area (Å²) >= 11 is 0. The van der Waals surface area contributed by atoms with Crippen molar-refractivity contribution >= 4 is 17.9 Å². The van der Waals surface area contributed by atoms with E-state index in [1.54, 1.807) is 6.08 Å². The van der Waals surface area contributed by atoms with Crippen LogP contribution in [0.15, 0.2) is 72.9 Å². The molecule has 1 N–H and O–H groups in total. The predicted molar refractivity (Wildman–Crippen MR) is 263 cm³/mol. The van der Waals surface area contributed by atoms with Gasteiger partial charge >= 0.3 is 17.9 Å². The van der Waals surface area contributed by atoms with Crippen molar-refractivity contribution in [1.29, 1.82) is 0 Å². The fraction of sp³-hybridized carbons (Fsp3) is 0.722. The van der Waals surface area contributed by atoms with Crippen LogP contribution in [0.3, 0.4) is 0 Å². The summed E-state index contributed by atoms with van der Waals surface area (Å²) in [5.74, 6) is -2.18. The normalized spacial score (nSPS) is 13.5. The third kappa shape index (κ3) is 46.5. The first-order valence-corrected chi connectivity index (χ1v) is 25.1. The van der Waals surface area contributed by atoms with Crippen molar-refractivity contribution in [2.75, 3.05) is 47.5 Å². The summed E-state index contributed by atoms with van der Waals surface area (Å²) in [6, 6.07) is 0. The van der Waals surface area contributed by atoms with Crippen LogP contribution in [-0.2, 0) is 33.3 Å². The van der Waals surface area contributed by atoms with Crippen LogP contribution in [0.1, 0.15) is 194 Å². The molecule has 0 fully saturated rings.